The summed E-state index contributed by atoms with van der Waals surface area (Å²) >= 11 is 5.84. The molecule has 76 valence electrons. The van der Waals surface area contributed by atoms with Gasteiger partial charge in [0.15, 0.2) is 10.9 Å². The van der Waals surface area contributed by atoms with Crippen LogP contribution >= 0.6 is 11.6 Å². The van der Waals surface area contributed by atoms with E-state index in [1.807, 2.05) is 0 Å². The standard InChI is InChI=1S/C10H7ClN2O2/c11-10-7-4-2-1-3-6(7)9(12-13-10)8(15)5-14/h1-5,14-15H. The van der Waals surface area contributed by atoms with Crippen LogP contribution in [0.5, 0.6) is 0 Å². The molecule has 1 aromatic heterocycles. The predicted octanol–water partition coefficient (Wildman–Crippen LogP) is 2.70. The van der Waals surface area contributed by atoms with E-state index in [1.54, 1.807) is 24.3 Å². The zero-order valence-electron chi connectivity index (χ0n) is 7.55. The average molecular weight is 223 g/mol. The molecule has 15 heavy (non-hydrogen) atoms. The quantitative estimate of drug-likeness (QED) is 0.728. The van der Waals surface area contributed by atoms with Gasteiger partial charge in [-0.25, -0.2) is 0 Å². The molecule has 2 aromatic rings. The molecule has 5 heteroatoms. The molecule has 1 aromatic carbocycles. The van der Waals surface area contributed by atoms with Crippen molar-refractivity contribution in [2.45, 2.75) is 0 Å². The minimum absolute atomic E-state index is 0.206. The Morgan fingerprint density at radius 2 is 1.87 bits per heavy atom. The maximum absolute atomic E-state index is 9.38. The molecule has 2 N–H and O–H groups in total. The highest BCUT2D eigenvalue weighted by molar-refractivity contribution is 6.34. The van der Waals surface area contributed by atoms with Gasteiger partial charge in [-0.05, 0) is 0 Å². The van der Waals surface area contributed by atoms with Crippen molar-refractivity contribution < 1.29 is 10.2 Å². The van der Waals surface area contributed by atoms with Crippen molar-refractivity contribution in [1.29, 1.82) is 0 Å². The van der Waals surface area contributed by atoms with Gasteiger partial charge in [-0.3, -0.25) is 0 Å². The summed E-state index contributed by atoms with van der Waals surface area (Å²) in [4.78, 5) is 0. The van der Waals surface area contributed by atoms with Gasteiger partial charge in [-0.2, -0.15) is 0 Å². The third-order valence-electron chi connectivity index (χ3n) is 2.01. The Labute approximate surface area is 90.5 Å². The van der Waals surface area contributed by atoms with Gasteiger partial charge in [0.1, 0.15) is 12.0 Å². The molecule has 0 amide bonds. The van der Waals surface area contributed by atoms with Gasteiger partial charge in [0.05, 0.1) is 0 Å². The zero-order valence-corrected chi connectivity index (χ0v) is 8.31. The van der Waals surface area contributed by atoms with E-state index in [4.69, 9.17) is 16.7 Å². The molecule has 0 aliphatic heterocycles. The second-order valence-electron chi connectivity index (χ2n) is 2.90. The second kappa shape index (κ2) is 3.74. The lowest BCUT2D eigenvalue weighted by Crippen LogP contribution is -1.95. The first kappa shape index (κ1) is 9.73. The second-order valence-corrected chi connectivity index (χ2v) is 3.26. The first-order chi connectivity index (χ1) is 7.24. The van der Waals surface area contributed by atoms with Crippen LogP contribution in [0.3, 0.4) is 0 Å². The molecule has 0 radical (unpaired) electrons. The van der Waals surface area contributed by atoms with Gasteiger partial charge >= 0.3 is 0 Å². The molecule has 0 aliphatic rings. The fourth-order valence-corrected chi connectivity index (χ4v) is 1.52. The Morgan fingerprint density at radius 3 is 2.53 bits per heavy atom. The molecular formula is C10H7ClN2O2. The number of aliphatic hydroxyl groups excluding tert-OH is 2. The van der Waals surface area contributed by atoms with E-state index in [1.165, 1.54) is 0 Å². The molecule has 0 saturated heterocycles. The summed E-state index contributed by atoms with van der Waals surface area (Å²) in [5.74, 6) is -0.338. The highest BCUT2D eigenvalue weighted by Crippen LogP contribution is 2.25. The number of benzene rings is 1. The average Bonchev–Trinajstić information content (AvgIpc) is 2.29. The lowest BCUT2D eigenvalue weighted by Gasteiger charge is -2.03. The molecule has 0 aliphatic carbocycles. The van der Waals surface area contributed by atoms with Crippen molar-refractivity contribution in [3.05, 3.63) is 41.4 Å². The number of hydrogen-bond acceptors (Lipinski definition) is 4. The van der Waals surface area contributed by atoms with Crippen LogP contribution in [0.25, 0.3) is 16.5 Å². The topological polar surface area (TPSA) is 66.2 Å². The van der Waals surface area contributed by atoms with Crippen LogP contribution in [0.15, 0.2) is 30.5 Å². The first-order valence-corrected chi connectivity index (χ1v) is 4.56. The Kier molecular flexibility index (Phi) is 2.43. The fourth-order valence-electron chi connectivity index (χ4n) is 1.32. The van der Waals surface area contributed by atoms with E-state index >= 15 is 0 Å². The minimum atomic E-state index is -0.338. The number of nitrogens with zero attached hydrogens (tertiary/aromatic N) is 2. The van der Waals surface area contributed by atoms with Gasteiger partial charge < -0.3 is 10.2 Å². The van der Waals surface area contributed by atoms with Crippen molar-refractivity contribution in [2.24, 2.45) is 0 Å². The molecule has 0 fully saturated rings. The molecular weight excluding hydrogens is 216 g/mol. The van der Waals surface area contributed by atoms with Gasteiger partial charge in [-0.1, -0.05) is 35.9 Å². The van der Waals surface area contributed by atoms with Crippen LogP contribution in [0.4, 0.5) is 0 Å². The SMILES string of the molecule is OC=C(O)c1nnc(Cl)c2ccccc12. The smallest absolute Gasteiger partial charge is 0.178 e. The highest BCUT2D eigenvalue weighted by Gasteiger charge is 2.10. The predicted molar refractivity (Wildman–Crippen MR) is 57.8 cm³/mol. The van der Waals surface area contributed by atoms with Crippen molar-refractivity contribution in [2.75, 3.05) is 0 Å². The normalized spacial score (nSPS) is 11.9. The highest BCUT2D eigenvalue weighted by atomic mass is 35.5. The van der Waals surface area contributed by atoms with E-state index in [-0.39, 0.29) is 16.6 Å². The maximum Gasteiger partial charge on any atom is 0.178 e. The summed E-state index contributed by atoms with van der Waals surface area (Å²) in [7, 11) is 0. The van der Waals surface area contributed by atoms with E-state index in [9.17, 15) is 5.11 Å². The number of hydrogen-bond donors (Lipinski definition) is 2. The van der Waals surface area contributed by atoms with Crippen molar-refractivity contribution >= 4 is 28.1 Å². The molecule has 0 unspecified atom stereocenters. The summed E-state index contributed by atoms with van der Waals surface area (Å²) in [6.07, 6.45) is 0.574. The Morgan fingerprint density at radius 1 is 1.20 bits per heavy atom. The van der Waals surface area contributed by atoms with Crippen molar-refractivity contribution in [1.82, 2.24) is 10.2 Å². The van der Waals surface area contributed by atoms with E-state index in [0.29, 0.717) is 17.0 Å². The number of aromatic nitrogens is 2. The number of aliphatic hydroxyl groups is 2. The van der Waals surface area contributed by atoms with Crippen LogP contribution in [0.2, 0.25) is 5.15 Å². The van der Waals surface area contributed by atoms with Crippen LogP contribution in [0, 0.1) is 0 Å². The van der Waals surface area contributed by atoms with Gasteiger partial charge in [0.25, 0.3) is 0 Å². The summed E-state index contributed by atoms with van der Waals surface area (Å²) in [6, 6.07) is 7.10. The van der Waals surface area contributed by atoms with Crippen LogP contribution in [0.1, 0.15) is 5.69 Å². The van der Waals surface area contributed by atoms with Crippen LogP contribution < -0.4 is 0 Å². The minimum Gasteiger partial charge on any atom is -0.512 e. The maximum atomic E-state index is 9.38. The zero-order chi connectivity index (χ0) is 10.8. The third kappa shape index (κ3) is 1.59. The summed E-state index contributed by atoms with van der Waals surface area (Å²) < 4.78 is 0. The number of halogens is 1. The van der Waals surface area contributed by atoms with Gasteiger partial charge in [-0.15, -0.1) is 10.2 Å². The molecule has 2 rings (SSSR count). The monoisotopic (exact) mass is 222 g/mol. The number of fused-ring (bicyclic) bond motifs is 1. The fraction of sp³-hybridized carbons (Fsp3) is 0. The van der Waals surface area contributed by atoms with E-state index in [0.717, 1.165) is 0 Å². The first-order valence-electron chi connectivity index (χ1n) is 4.18. The summed E-state index contributed by atoms with van der Waals surface area (Å²) in [6.45, 7) is 0. The number of rotatable bonds is 1. The molecule has 0 saturated carbocycles. The summed E-state index contributed by atoms with van der Waals surface area (Å²) in [5.41, 5.74) is 0.206. The molecule has 0 atom stereocenters. The lowest BCUT2D eigenvalue weighted by molar-refractivity contribution is 0.430. The lowest BCUT2D eigenvalue weighted by atomic mass is 10.1. The molecule has 0 spiro atoms. The Hall–Kier alpha value is -1.81. The van der Waals surface area contributed by atoms with Crippen molar-refractivity contribution in [3.63, 3.8) is 0 Å². The Balaban J connectivity index is 2.83. The molecule has 1 heterocycles. The van der Waals surface area contributed by atoms with E-state index in [2.05, 4.69) is 10.2 Å². The Bertz CT molecular complexity index is 540. The van der Waals surface area contributed by atoms with Gasteiger partial charge in [0, 0.05) is 10.8 Å². The van der Waals surface area contributed by atoms with Gasteiger partial charge in [0.2, 0.25) is 0 Å². The largest absolute Gasteiger partial charge is 0.512 e. The third-order valence-corrected chi connectivity index (χ3v) is 2.29. The molecule has 0 bridgehead atoms. The molecule has 4 nitrogen and oxygen atoms in total. The van der Waals surface area contributed by atoms with E-state index < -0.39 is 0 Å². The van der Waals surface area contributed by atoms with Crippen LogP contribution in [-0.4, -0.2) is 20.4 Å². The van der Waals surface area contributed by atoms with Crippen LogP contribution in [-0.2, 0) is 0 Å². The summed E-state index contributed by atoms with van der Waals surface area (Å²) in [5, 5.41) is 27.1. The van der Waals surface area contributed by atoms with Crippen molar-refractivity contribution in [3.8, 4) is 0 Å².